The summed E-state index contributed by atoms with van der Waals surface area (Å²) in [6, 6.07) is 1.42. The Balaban J connectivity index is 1.87. The summed E-state index contributed by atoms with van der Waals surface area (Å²) in [7, 11) is 0. The van der Waals surface area contributed by atoms with E-state index in [-0.39, 0.29) is 11.9 Å². The number of nitrogens with one attached hydrogen (secondary N) is 1. The Hall–Kier alpha value is -2.15. The Morgan fingerprint density at radius 1 is 1.50 bits per heavy atom. The smallest absolute Gasteiger partial charge is 0.276 e. The summed E-state index contributed by atoms with van der Waals surface area (Å²) >= 11 is 0. The molecule has 1 aliphatic heterocycles. The lowest BCUT2D eigenvalue weighted by molar-refractivity contribution is -0.00550. The van der Waals surface area contributed by atoms with E-state index >= 15 is 0 Å². The summed E-state index contributed by atoms with van der Waals surface area (Å²) in [6.45, 7) is 5.13. The molecule has 1 fully saturated rings. The van der Waals surface area contributed by atoms with Crippen molar-refractivity contribution in [1.82, 2.24) is 20.0 Å². The van der Waals surface area contributed by atoms with Crippen LogP contribution in [0, 0.1) is 13.8 Å². The average molecular weight is 276 g/mol. The predicted molar refractivity (Wildman–Crippen MR) is 69.2 cm³/mol. The lowest BCUT2D eigenvalue weighted by Gasteiger charge is -2.33. The SMILES string of the molecule is Cc1cnc([C@H]2COCCN2C(=O)c2cc(C)on2)[nH]1. The molecule has 0 bridgehead atoms. The van der Waals surface area contributed by atoms with Gasteiger partial charge >= 0.3 is 0 Å². The number of nitrogens with zero attached hydrogens (tertiary/aromatic N) is 3. The van der Waals surface area contributed by atoms with Gasteiger partial charge in [0.15, 0.2) is 5.69 Å². The molecule has 2 aromatic heterocycles. The summed E-state index contributed by atoms with van der Waals surface area (Å²) < 4.78 is 10.4. The first-order valence-electron chi connectivity index (χ1n) is 6.48. The molecule has 3 heterocycles. The molecule has 1 N–H and O–H groups in total. The van der Waals surface area contributed by atoms with Crippen molar-refractivity contribution in [2.45, 2.75) is 19.9 Å². The number of imidazole rings is 1. The number of rotatable bonds is 2. The lowest BCUT2D eigenvalue weighted by atomic mass is 10.2. The van der Waals surface area contributed by atoms with Crippen LogP contribution >= 0.6 is 0 Å². The molecule has 20 heavy (non-hydrogen) atoms. The fraction of sp³-hybridized carbons (Fsp3) is 0.462. The minimum atomic E-state index is -0.220. The fourth-order valence-corrected chi connectivity index (χ4v) is 2.29. The highest BCUT2D eigenvalue weighted by Crippen LogP contribution is 2.23. The first kappa shape index (κ1) is 12.9. The van der Waals surface area contributed by atoms with Gasteiger partial charge in [0.25, 0.3) is 5.91 Å². The summed E-state index contributed by atoms with van der Waals surface area (Å²) in [5.74, 6) is 1.19. The number of hydrogen-bond donors (Lipinski definition) is 1. The molecule has 1 saturated heterocycles. The Bertz CT molecular complexity index is 619. The molecule has 3 rings (SSSR count). The summed E-state index contributed by atoms with van der Waals surface area (Å²) in [4.78, 5) is 21.7. The van der Waals surface area contributed by atoms with Crippen LogP contribution in [0.3, 0.4) is 0 Å². The summed E-state index contributed by atoms with van der Waals surface area (Å²) in [5, 5.41) is 3.79. The number of carbonyl (C=O) groups excluding carboxylic acids is 1. The van der Waals surface area contributed by atoms with Crippen LogP contribution in [0.5, 0.6) is 0 Å². The summed E-state index contributed by atoms with van der Waals surface area (Å²) in [6.07, 6.45) is 1.74. The van der Waals surface area contributed by atoms with E-state index in [4.69, 9.17) is 9.26 Å². The molecule has 0 unspecified atom stereocenters. The Kier molecular flexibility index (Phi) is 3.27. The van der Waals surface area contributed by atoms with E-state index in [0.717, 1.165) is 11.5 Å². The third-order valence-corrected chi connectivity index (χ3v) is 3.27. The first-order chi connectivity index (χ1) is 9.65. The number of morpholine rings is 1. The van der Waals surface area contributed by atoms with Crippen LogP contribution in [0.1, 0.15) is 33.8 Å². The third kappa shape index (κ3) is 2.32. The number of ether oxygens (including phenoxy) is 1. The van der Waals surface area contributed by atoms with Crippen LogP contribution in [0.15, 0.2) is 16.8 Å². The second-order valence-electron chi connectivity index (χ2n) is 4.86. The molecule has 106 valence electrons. The maximum atomic E-state index is 12.5. The molecular formula is C13H16N4O3. The molecule has 1 atom stereocenters. The van der Waals surface area contributed by atoms with Gasteiger partial charge in [-0.3, -0.25) is 4.79 Å². The standard InChI is InChI=1S/C13H16N4O3/c1-8-6-14-12(15-8)11-7-19-4-3-17(11)13(18)10-5-9(2)20-16-10/h5-6,11H,3-4,7H2,1-2H3,(H,14,15)/t11-/m1/s1. The van der Waals surface area contributed by atoms with Gasteiger partial charge in [-0.25, -0.2) is 4.98 Å². The van der Waals surface area contributed by atoms with Gasteiger partial charge in [0, 0.05) is 24.5 Å². The van der Waals surface area contributed by atoms with E-state index in [9.17, 15) is 4.79 Å². The Morgan fingerprint density at radius 3 is 3.00 bits per heavy atom. The van der Waals surface area contributed by atoms with E-state index in [1.807, 2.05) is 6.92 Å². The maximum Gasteiger partial charge on any atom is 0.276 e. The van der Waals surface area contributed by atoms with Crippen LogP contribution < -0.4 is 0 Å². The van der Waals surface area contributed by atoms with E-state index in [2.05, 4.69) is 15.1 Å². The molecular weight excluding hydrogens is 260 g/mol. The zero-order chi connectivity index (χ0) is 14.1. The van der Waals surface area contributed by atoms with Gasteiger partial charge in [-0.05, 0) is 13.8 Å². The van der Waals surface area contributed by atoms with Crippen molar-refractivity contribution in [3.05, 3.63) is 35.2 Å². The van der Waals surface area contributed by atoms with Crippen molar-refractivity contribution in [3.8, 4) is 0 Å². The second-order valence-corrected chi connectivity index (χ2v) is 4.86. The molecule has 0 saturated carbocycles. The molecule has 7 heteroatoms. The van der Waals surface area contributed by atoms with Crippen LogP contribution in [0.25, 0.3) is 0 Å². The van der Waals surface area contributed by atoms with Crippen molar-refractivity contribution < 1.29 is 14.1 Å². The van der Waals surface area contributed by atoms with Gasteiger partial charge in [0.1, 0.15) is 17.6 Å². The van der Waals surface area contributed by atoms with Crippen LogP contribution in [-0.4, -0.2) is 45.7 Å². The van der Waals surface area contributed by atoms with Crippen molar-refractivity contribution in [1.29, 1.82) is 0 Å². The van der Waals surface area contributed by atoms with Gasteiger partial charge in [-0.1, -0.05) is 5.16 Å². The van der Waals surface area contributed by atoms with Crippen LogP contribution in [0.2, 0.25) is 0 Å². The van der Waals surface area contributed by atoms with Gasteiger partial charge in [-0.2, -0.15) is 0 Å². The van der Waals surface area contributed by atoms with Gasteiger partial charge in [-0.15, -0.1) is 0 Å². The molecule has 0 radical (unpaired) electrons. The highest BCUT2D eigenvalue weighted by Gasteiger charge is 2.32. The normalized spacial score (nSPS) is 19.3. The topological polar surface area (TPSA) is 84.2 Å². The Labute approximate surface area is 115 Å². The first-order valence-corrected chi connectivity index (χ1v) is 6.48. The quantitative estimate of drug-likeness (QED) is 0.891. The van der Waals surface area contributed by atoms with E-state index in [1.165, 1.54) is 0 Å². The fourth-order valence-electron chi connectivity index (χ4n) is 2.29. The number of aromatic nitrogens is 3. The van der Waals surface area contributed by atoms with Crippen LogP contribution in [-0.2, 0) is 4.74 Å². The number of hydrogen-bond acceptors (Lipinski definition) is 5. The lowest BCUT2D eigenvalue weighted by Crippen LogP contribution is -2.44. The van der Waals surface area contributed by atoms with Crippen LogP contribution in [0.4, 0.5) is 0 Å². The van der Waals surface area contributed by atoms with Gasteiger partial charge < -0.3 is 19.1 Å². The number of amides is 1. The number of H-pyrrole nitrogens is 1. The zero-order valence-corrected chi connectivity index (χ0v) is 11.4. The minimum Gasteiger partial charge on any atom is -0.377 e. The monoisotopic (exact) mass is 276 g/mol. The largest absolute Gasteiger partial charge is 0.377 e. The highest BCUT2D eigenvalue weighted by atomic mass is 16.5. The van der Waals surface area contributed by atoms with E-state index in [0.29, 0.717) is 31.2 Å². The molecule has 2 aromatic rings. The molecule has 1 aliphatic rings. The maximum absolute atomic E-state index is 12.5. The number of carbonyl (C=O) groups is 1. The molecule has 0 aliphatic carbocycles. The Morgan fingerprint density at radius 2 is 2.35 bits per heavy atom. The van der Waals surface area contributed by atoms with Crippen molar-refractivity contribution in [2.75, 3.05) is 19.8 Å². The van der Waals surface area contributed by atoms with E-state index < -0.39 is 0 Å². The molecule has 0 aromatic carbocycles. The number of aromatic amines is 1. The van der Waals surface area contributed by atoms with Crippen molar-refractivity contribution in [3.63, 3.8) is 0 Å². The predicted octanol–water partition coefficient (Wildman–Crippen LogP) is 1.23. The highest BCUT2D eigenvalue weighted by molar-refractivity contribution is 5.92. The van der Waals surface area contributed by atoms with E-state index in [1.54, 1.807) is 24.1 Å². The minimum absolute atomic E-state index is 0.163. The van der Waals surface area contributed by atoms with Crippen molar-refractivity contribution in [2.24, 2.45) is 0 Å². The molecule has 0 spiro atoms. The molecule has 1 amide bonds. The van der Waals surface area contributed by atoms with Gasteiger partial charge in [0.05, 0.1) is 13.2 Å². The van der Waals surface area contributed by atoms with Gasteiger partial charge in [0.2, 0.25) is 0 Å². The number of aryl methyl sites for hydroxylation is 2. The zero-order valence-electron chi connectivity index (χ0n) is 11.4. The summed E-state index contributed by atoms with van der Waals surface area (Å²) in [5.41, 5.74) is 1.27. The molecule has 7 nitrogen and oxygen atoms in total. The third-order valence-electron chi connectivity index (χ3n) is 3.27. The average Bonchev–Trinajstić information content (AvgIpc) is 3.07. The second kappa shape index (κ2) is 5.09. The van der Waals surface area contributed by atoms with Crippen molar-refractivity contribution >= 4 is 5.91 Å².